The smallest absolute Gasteiger partial charge is 0.306 e. The molecule has 0 N–H and O–H groups in total. The number of rotatable bonds is 6. The molecule has 1 aliphatic rings. The minimum Gasteiger partial charge on any atom is -0.469 e. The van der Waals surface area contributed by atoms with E-state index < -0.39 is 9.84 Å². The molecule has 1 atom stereocenters. The second kappa shape index (κ2) is 8.03. The maximum absolute atomic E-state index is 12.1. The van der Waals surface area contributed by atoms with Crippen LogP contribution in [0.2, 0.25) is 0 Å². The van der Waals surface area contributed by atoms with Crippen molar-refractivity contribution in [2.75, 3.05) is 13.4 Å². The molecule has 5 nitrogen and oxygen atoms in total. The third-order valence-electron chi connectivity index (χ3n) is 5.39. The van der Waals surface area contributed by atoms with Gasteiger partial charge in [0.2, 0.25) is 0 Å². The first-order valence-corrected chi connectivity index (χ1v) is 12.1. The first kappa shape index (κ1) is 21.1. The van der Waals surface area contributed by atoms with Gasteiger partial charge in [0.25, 0.3) is 0 Å². The van der Waals surface area contributed by atoms with E-state index in [-0.39, 0.29) is 11.9 Å². The Labute approximate surface area is 174 Å². The van der Waals surface area contributed by atoms with Crippen LogP contribution in [0.1, 0.15) is 50.3 Å². The Balaban J connectivity index is 2.26. The van der Waals surface area contributed by atoms with Gasteiger partial charge in [-0.2, -0.15) is 0 Å². The summed E-state index contributed by atoms with van der Waals surface area (Å²) in [6, 6.07) is 3.46. The third kappa shape index (κ3) is 3.92. The molecule has 1 aliphatic carbocycles. The van der Waals surface area contributed by atoms with Gasteiger partial charge in [-0.15, -0.1) is 0 Å². The number of nitrogens with zero attached hydrogens (tertiary/aromatic N) is 1. The fourth-order valence-electron chi connectivity index (χ4n) is 4.21. The van der Waals surface area contributed by atoms with Crippen LogP contribution in [0.4, 0.5) is 0 Å². The van der Waals surface area contributed by atoms with Gasteiger partial charge < -0.3 is 9.30 Å². The lowest BCUT2D eigenvalue weighted by Gasteiger charge is -2.17. The van der Waals surface area contributed by atoms with E-state index in [0.29, 0.717) is 17.9 Å². The maximum Gasteiger partial charge on any atom is 0.306 e. The Morgan fingerprint density at radius 3 is 2.71 bits per heavy atom. The van der Waals surface area contributed by atoms with Crippen LogP contribution in [0.3, 0.4) is 0 Å². The van der Waals surface area contributed by atoms with E-state index in [1.807, 2.05) is 0 Å². The van der Waals surface area contributed by atoms with Gasteiger partial charge >= 0.3 is 5.97 Å². The van der Waals surface area contributed by atoms with Gasteiger partial charge in [0.1, 0.15) is 0 Å². The number of halogens is 1. The van der Waals surface area contributed by atoms with E-state index in [1.54, 1.807) is 12.1 Å². The monoisotopic (exact) mass is 467 g/mol. The quantitative estimate of drug-likeness (QED) is 0.453. The second-order valence-electron chi connectivity index (χ2n) is 7.50. The van der Waals surface area contributed by atoms with Crippen LogP contribution in [0.25, 0.3) is 10.9 Å². The van der Waals surface area contributed by atoms with Crippen LogP contribution >= 0.6 is 15.9 Å². The molecule has 0 fully saturated rings. The van der Waals surface area contributed by atoms with Crippen molar-refractivity contribution >= 4 is 42.6 Å². The number of fused-ring (bicyclic) bond motifs is 3. The van der Waals surface area contributed by atoms with Crippen LogP contribution in [-0.2, 0) is 32.3 Å². The molecule has 7 heteroatoms. The minimum absolute atomic E-state index is 0.0814. The zero-order valence-electron chi connectivity index (χ0n) is 16.7. The molecule has 1 aromatic carbocycles. The number of methoxy groups -OCH3 is 1. The van der Waals surface area contributed by atoms with Gasteiger partial charge in [-0.05, 0) is 59.8 Å². The molecular weight excluding hydrogens is 442 g/mol. The topological polar surface area (TPSA) is 65.4 Å². The van der Waals surface area contributed by atoms with Crippen molar-refractivity contribution in [1.29, 1.82) is 0 Å². The van der Waals surface area contributed by atoms with Gasteiger partial charge in [-0.25, -0.2) is 8.42 Å². The Kier molecular flexibility index (Phi) is 6.05. The third-order valence-corrected chi connectivity index (χ3v) is 7.09. The summed E-state index contributed by atoms with van der Waals surface area (Å²) >= 11 is 3.61. The van der Waals surface area contributed by atoms with Crippen LogP contribution in [0, 0.1) is 0 Å². The number of sulfone groups is 1. The van der Waals surface area contributed by atoms with Gasteiger partial charge in [0.15, 0.2) is 9.84 Å². The first-order valence-electron chi connectivity index (χ1n) is 9.44. The molecule has 0 aliphatic heterocycles. The summed E-state index contributed by atoms with van der Waals surface area (Å²) in [5.41, 5.74) is 4.52. The summed E-state index contributed by atoms with van der Waals surface area (Å²) in [5, 5.41) is 0.960. The SMILES string of the molecule is CC/C=C(\C)Cn1c2c(c3cc(S(C)(=O)=O)cc(Br)c31)CCC2CC(=O)OC. The fourth-order valence-corrected chi connectivity index (χ4v) is 5.70. The van der Waals surface area contributed by atoms with E-state index in [4.69, 9.17) is 4.74 Å². The molecule has 1 aromatic heterocycles. The Hall–Kier alpha value is -1.60. The standard InChI is InChI=1S/C21H26BrNO4S/c1-5-6-13(2)12-23-20-14(9-19(24)27-3)7-8-16(20)17-10-15(28(4,25)26)11-18(22)21(17)23/h6,10-11,14H,5,7-9,12H2,1-4H3/b13-6+. The predicted octanol–water partition coefficient (Wildman–Crippen LogP) is 4.76. The molecule has 28 heavy (non-hydrogen) atoms. The van der Waals surface area contributed by atoms with Gasteiger partial charge in [-0.1, -0.05) is 18.6 Å². The van der Waals surface area contributed by atoms with Crippen molar-refractivity contribution < 1.29 is 17.9 Å². The number of ether oxygens (including phenoxy) is 1. The van der Waals surface area contributed by atoms with E-state index in [2.05, 4.69) is 40.4 Å². The summed E-state index contributed by atoms with van der Waals surface area (Å²) in [5.74, 6) is -0.135. The van der Waals surface area contributed by atoms with Gasteiger partial charge in [0, 0.05) is 34.3 Å². The van der Waals surface area contributed by atoms with Crippen molar-refractivity contribution in [2.45, 2.75) is 56.9 Å². The number of hydrogen-bond donors (Lipinski definition) is 0. The van der Waals surface area contributed by atoms with Crippen molar-refractivity contribution in [2.24, 2.45) is 0 Å². The average Bonchev–Trinajstić information content (AvgIpc) is 3.14. The minimum atomic E-state index is -3.32. The number of carbonyl (C=O) groups is 1. The molecule has 1 unspecified atom stereocenters. The molecule has 2 aromatic rings. The lowest BCUT2D eigenvalue weighted by molar-refractivity contribution is -0.141. The zero-order valence-corrected chi connectivity index (χ0v) is 19.1. The summed E-state index contributed by atoms with van der Waals surface area (Å²) in [6.07, 6.45) is 6.42. The van der Waals surface area contributed by atoms with Gasteiger partial charge in [0.05, 0.1) is 23.9 Å². The summed E-state index contributed by atoms with van der Waals surface area (Å²) in [6.45, 7) is 4.93. The van der Waals surface area contributed by atoms with Crippen LogP contribution < -0.4 is 0 Å². The normalized spacial score (nSPS) is 17.2. The van der Waals surface area contributed by atoms with E-state index in [1.165, 1.54) is 18.9 Å². The van der Waals surface area contributed by atoms with Crippen LogP contribution in [0.5, 0.6) is 0 Å². The fraction of sp³-hybridized carbons (Fsp3) is 0.476. The maximum atomic E-state index is 12.1. The molecule has 0 radical (unpaired) electrons. The molecule has 0 saturated heterocycles. The average molecular weight is 468 g/mol. The van der Waals surface area contributed by atoms with Gasteiger partial charge in [-0.3, -0.25) is 4.79 Å². The molecule has 0 amide bonds. The zero-order chi connectivity index (χ0) is 20.6. The molecule has 3 rings (SSSR count). The Morgan fingerprint density at radius 2 is 2.11 bits per heavy atom. The highest BCUT2D eigenvalue weighted by Gasteiger charge is 2.33. The Bertz CT molecular complexity index is 1070. The van der Waals surface area contributed by atoms with Crippen molar-refractivity contribution in [1.82, 2.24) is 4.57 Å². The van der Waals surface area contributed by atoms with E-state index in [9.17, 15) is 13.2 Å². The largest absolute Gasteiger partial charge is 0.469 e. The number of esters is 1. The first-order chi connectivity index (χ1) is 13.2. The Morgan fingerprint density at radius 1 is 1.39 bits per heavy atom. The lowest BCUT2D eigenvalue weighted by atomic mass is 10.0. The number of aryl methyl sites for hydroxylation is 1. The number of aromatic nitrogens is 1. The molecule has 0 saturated carbocycles. The lowest BCUT2D eigenvalue weighted by Crippen LogP contribution is -2.12. The molecular formula is C21H26BrNO4S. The number of benzene rings is 1. The summed E-state index contributed by atoms with van der Waals surface area (Å²) < 4.78 is 32.2. The highest BCUT2D eigenvalue weighted by Crippen LogP contribution is 2.44. The van der Waals surface area contributed by atoms with Crippen LogP contribution in [-0.4, -0.2) is 32.3 Å². The number of allylic oxidation sites excluding steroid dienone is 2. The summed E-state index contributed by atoms with van der Waals surface area (Å²) in [4.78, 5) is 12.3. The summed E-state index contributed by atoms with van der Waals surface area (Å²) in [7, 11) is -1.90. The molecule has 1 heterocycles. The number of carbonyl (C=O) groups excluding carboxylic acids is 1. The predicted molar refractivity (Wildman–Crippen MR) is 114 cm³/mol. The molecule has 152 valence electrons. The van der Waals surface area contributed by atoms with E-state index >= 15 is 0 Å². The molecule has 0 bridgehead atoms. The van der Waals surface area contributed by atoms with Crippen molar-refractivity contribution in [3.05, 3.63) is 39.5 Å². The highest BCUT2D eigenvalue weighted by atomic mass is 79.9. The van der Waals surface area contributed by atoms with E-state index in [0.717, 1.165) is 45.9 Å². The number of hydrogen-bond acceptors (Lipinski definition) is 4. The van der Waals surface area contributed by atoms with Crippen molar-refractivity contribution in [3.8, 4) is 0 Å². The van der Waals surface area contributed by atoms with Crippen LogP contribution in [0.15, 0.2) is 33.2 Å². The molecule has 0 spiro atoms. The van der Waals surface area contributed by atoms with Crippen molar-refractivity contribution in [3.63, 3.8) is 0 Å². The highest BCUT2D eigenvalue weighted by molar-refractivity contribution is 9.10. The second-order valence-corrected chi connectivity index (χ2v) is 10.4.